The normalized spacial score (nSPS) is 17.3. The fourth-order valence-corrected chi connectivity index (χ4v) is 3.98. The van der Waals surface area contributed by atoms with Gasteiger partial charge in [0.15, 0.2) is 5.96 Å². The van der Waals surface area contributed by atoms with Crippen LogP contribution in [0.3, 0.4) is 0 Å². The van der Waals surface area contributed by atoms with Gasteiger partial charge in [0, 0.05) is 49.3 Å². The molecule has 2 rings (SSSR count). The lowest BCUT2D eigenvalue weighted by molar-refractivity contribution is -0.116. The quantitative estimate of drug-likeness (QED) is 0.623. The number of aliphatic imine (C=N–C) groups is 1. The monoisotopic (exact) mass is 362 g/mol. The highest BCUT2D eigenvalue weighted by atomic mass is 32.2. The van der Waals surface area contributed by atoms with Gasteiger partial charge in [0.1, 0.15) is 0 Å². The molecule has 1 saturated heterocycles. The summed E-state index contributed by atoms with van der Waals surface area (Å²) < 4.78 is 0.258. The van der Waals surface area contributed by atoms with E-state index in [0.717, 1.165) is 43.5 Å². The number of hydrogen-bond donors (Lipinski definition) is 2. The predicted molar refractivity (Wildman–Crippen MR) is 108 cm³/mol. The van der Waals surface area contributed by atoms with Crippen molar-refractivity contribution in [2.24, 2.45) is 4.99 Å². The van der Waals surface area contributed by atoms with Crippen molar-refractivity contribution in [3.05, 3.63) is 29.8 Å². The summed E-state index contributed by atoms with van der Waals surface area (Å²) >= 11 is 2.02. The fraction of sp³-hybridized carbons (Fsp3) is 0.579. The number of nitrogens with zero attached hydrogens (tertiary/aromatic N) is 2. The standard InChI is InChI=1S/C19H30N4OS/c1-5-6-17(24)22-16-9-7-15(8-10-16)13-21-18(20-4)23-11-12-25-19(2,3)14-23/h7-10H,5-6,11-14H2,1-4H3,(H,20,21)(H,22,24). The third kappa shape index (κ3) is 6.27. The number of nitrogens with one attached hydrogen (secondary N) is 2. The van der Waals surface area contributed by atoms with Crippen LogP contribution < -0.4 is 10.6 Å². The molecule has 6 heteroatoms. The second kappa shape index (κ2) is 9.13. The van der Waals surface area contributed by atoms with Crippen molar-refractivity contribution in [2.45, 2.75) is 44.9 Å². The van der Waals surface area contributed by atoms with Crippen molar-refractivity contribution in [1.29, 1.82) is 0 Å². The number of thioether (sulfide) groups is 1. The predicted octanol–water partition coefficient (Wildman–Crippen LogP) is 3.33. The molecule has 0 saturated carbocycles. The SMILES string of the molecule is CCCC(=O)Nc1ccc(CNC(=NC)N2CCSC(C)(C)C2)cc1. The molecule has 1 amide bonds. The Labute approximate surface area is 155 Å². The Balaban J connectivity index is 1.88. The van der Waals surface area contributed by atoms with Crippen LogP contribution in [0.25, 0.3) is 0 Å². The van der Waals surface area contributed by atoms with E-state index in [1.54, 1.807) is 0 Å². The molecule has 25 heavy (non-hydrogen) atoms. The number of guanidine groups is 1. The molecule has 0 unspecified atom stereocenters. The summed E-state index contributed by atoms with van der Waals surface area (Å²) in [7, 11) is 1.84. The van der Waals surface area contributed by atoms with E-state index in [1.807, 2.05) is 50.0 Å². The maximum absolute atomic E-state index is 11.6. The van der Waals surface area contributed by atoms with Gasteiger partial charge in [-0.1, -0.05) is 19.1 Å². The fourth-order valence-electron chi connectivity index (χ4n) is 2.87. The topological polar surface area (TPSA) is 56.7 Å². The third-order valence-corrected chi connectivity index (χ3v) is 5.40. The van der Waals surface area contributed by atoms with Gasteiger partial charge in [0.2, 0.25) is 5.91 Å². The van der Waals surface area contributed by atoms with Gasteiger partial charge in [0.25, 0.3) is 0 Å². The minimum absolute atomic E-state index is 0.0689. The van der Waals surface area contributed by atoms with Crippen LogP contribution in [0.2, 0.25) is 0 Å². The highest BCUT2D eigenvalue weighted by Crippen LogP contribution is 2.29. The first-order chi connectivity index (χ1) is 11.9. The smallest absolute Gasteiger partial charge is 0.224 e. The Kier molecular flexibility index (Phi) is 7.17. The minimum Gasteiger partial charge on any atom is -0.352 e. The molecule has 1 fully saturated rings. The first-order valence-electron chi connectivity index (χ1n) is 8.92. The first-order valence-corrected chi connectivity index (χ1v) is 9.90. The number of anilines is 1. The Morgan fingerprint density at radius 3 is 2.64 bits per heavy atom. The van der Waals surface area contributed by atoms with Crippen molar-refractivity contribution < 1.29 is 4.79 Å². The number of hydrogen-bond acceptors (Lipinski definition) is 3. The van der Waals surface area contributed by atoms with Gasteiger partial charge in [-0.05, 0) is 38.0 Å². The average Bonchev–Trinajstić information content (AvgIpc) is 2.56. The van der Waals surface area contributed by atoms with Crippen LogP contribution >= 0.6 is 11.8 Å². The summed E-state index contributed by atoms with van der Waals surface area (Å²) in [6, 6.07) is 7.98. The Morgan fingerprint density at radius 2 is 2.04 bits per heavy atom. The molecule has 1 aliphatic rings. The second-order valence-electron chi connectivity index (χ2n) is 6.93. The second-order valence-corrected chi connectivity index (χ2v) is 8.73. The Bertz CT molecular complexity index is 598. The number of carbonyl (C=O) groups excluding carboxylic acids is 1. The molecule has 138 valence electrons. The summed E-state index contributed by atoms with van der Waals surface area (Å²) in [4.78, 5) is 18.4. The van der Waals surface area contributed by atoms with E-state index in [9.17, 15) is 4.79 Å². The van der Waals surface area contributed by atoms with Crippen molar-refractivity contribution in [3.63, 3.8) is 0 Å². The van der Waals surface area contributed by atoms with E-state index in [0.29, 0.717) is 6.42 Å². The van der Waals surface area contributed by atoms with E-state index in [1.165, 1.54) is 5.56 Å². The molecule has 1 aromatic rings. The lowest BCUT2D eigenvalue weighted by atomic mass is 10.2. The van der Waals surface area contributed by atoms with Gasteiger partial charge in [-0.15, -0.1) is 0 Å². The lowest BCUT2D eigenvalue weighted by Gasteiger charge is -2.39. The summed E-state index contributed by atoms with van der Waals surface area (Å²) in [5.74, 6) is 2.15. The lowest BCUT2D eigenvalue weighted by Crippen LogP contribution is -2.50. The van der Waals surface area contributed by atoms with Gasteiger partial charge >= 0.3 is 0 Å². The summed E-state index contributed by atoms with van der Waals surface area (Å²) in [6.07, 6.45) is 1.42. The molecule has 0 aliphatic carbocycles. The van der Waals surface area contributed by atoms with E-state index < -0.39 is 0 Å². The average molecular weight is 363 g/mol. The van der Waals surface area contributed by atoms with Crippen LogP contribution in [-0.2, 0) is 11.3 Å². The van der Waals surface area contributed by atoms with Crippen LogP contribution in [0, 0.1) is 0 Å². The summed E-state index contributed by atoms with van der Waals surface area (Å²) in [6.45, 7) is 9.31. The highest BCUT2D eigenvalue weighted by molar-refractivity contribution is 8.00. The maximum Gasteiger partial charge on any atom is 0.224 e. The van der Waals surface area contributed by atoms with Crippen molar-refractivity contribution >= 4 is 29.3 Å². The largest absolute Gasteiger partial charge is 0.352 e. The number of benzene rings is 1. The summed E-state index contributed by atoms with van der Waals surface area (Å²) in [5.41, 5.74) is 2.02. The molecule has 0 radical (unpaired) electrons. The number of carbonyl (C=O) groups is 1. The van der Waals surface area contributed by atoms with E-state index in [-0.39, 0.29) is 10.7 Å². The molecule has 0 aromatic heterocycles. The van der Waals surface area contributed by atoms with Gasteiger partial charge in [-0.25, -0.2) is 0 Å². The Hall–Kier alpha value is -1.69. The van der Waals surface area contributed by atoms with E-state index >= 15 is 0 Å². The zero-order valence-electron chi connectivity index (χ0n) is 15.8. The molecule has 0 bridgehead atoms. The van der Waals surface area contributed by atoms with E-state index in [2.05, 4.69) is 34.4 Å². The molecule has 5 nitrogen and oxygen atoms in total. The highest BCUT2D eigenvalue weighted by Gasteiger charge is 2.28. The molecule has 2 N–H and O–H groups in total. The van der Waals surface area contributed by atoms with Gasteiger partial charge in [-0.2, -0.15) is 11.8 Å². The first kappa shape index (κ1) is 19.6. The molecule has 0 atom stereocenters. The van der Waals surface area contributed by atoms with Crippen LogP contribution in [0.5, 0.6) is 0 Å². The number of rotatable bonds is 5. The molecule has 0 spiro atoms. The maximum atomic E-state index is 11.6. The van der Waals surface area contributed by atoms with Crippen molar-refractivity contribution in [3.8, 4) is 0 Å². The Morgan fingerprint density at radius 1 is 1.32 bits per heavy atom. The third-order valence-electron chi connectivity index (χ3n) is 4.10. The van der Waals surface area contributed by atoms with Crippen LogP contribution in [0.4, 0.5) is 5.69 Å². The van der Waals surface area contributed by atoms with Crippen molar-refractivity contribution in [2.75, 3.05) is 31.2 Å². The molecular weight excluding hydrogens is 332 g/mol. The van der Waals surface area contributed by atoms with Crippen LogP contribution in [0.15, 0.2) is 29.3 Å². The molecule has 1 aliphatic heterocycles. The zero-order valence-corrected chi connectivity index (χ0v) is 16.6. The van der Waals surface area contributed by atoms with Gasteiger partial charge < -0.3 is 15.5 Å². The number of amides is 1. The zero-order chi connectivity index (χ0) is 18.3. The van der Waals surface area contributed by atoms with Crippen LogP contribution in [-0.4, -0.2) is 47.4 Å². The molecular formula is C19H30N4OS. The van der Waals surface area contributed by atoms with Gasteiger partial charge in [-0.3, -0.25) is 9.79 Å². The summed E-state index contributed by atoms with van der Waals surface area (Å²) in [5, 5.41) is 6.37. The van der Waals surface area contributed by atoms with Gasteiger partial charge in [0.05, 0.1) is 0 Å². The molecule has 1 heterocycles. The van der Waals surface area contributed by atoms with E-state index in [4.69, 9.17) is 0 Å². The minimum atomic E-state index is 0.0689. The van der Waals surface area contributed by atoms with Crippen LogP contribution in [0.1, 0.15) is 39.2 Å². The molecule has 1 aromatic carbocycles. The van der Waals surface area contributed by atoms with Crippen molar-refractivity contribution in [1.82, 2.24) is 10.2 Å².